The summed E-state index contributed by atoms with van der Waals surface area (Å²) in [5.41, 5.74) is 8.94. The predicted molar refractivity (Wildman–Crippen MR) is 197 cm³/mol. The fourth-order valence-electron chi connectivity index (χ4n) is 6.48. The molecule has 0 aliphatic carbocycles. The van der Waals surface area contributed by atoms with E-state index in [0.29, 0.717) is 6.42 Å². The summed E-state index contributed by atoms with van der Waals surface area (Å²) in [4.78, 5) is 24.6. The highest BCUT2D eigenvalue weighted by Gasteiger charge is 2.41. The van der Waals surface area contributed by atoms with Gasteiger partial charge in [0, 0.05) is 18.7 Å². The van der Waals surface area contributed by atoms with Crippen LogP contribution in [0.25, 0.3) is 21.9 Å². The van der Waals surface area contributed by atoms with Crippen molar-refractivity contribution in [3.63, 3.8) is 0 Å². The van der Waals surface area contributed by atoms with Crippen LogP contribution in [0.2, 0.25) is 0 Å². The van der Waals surface area contributed by atoms with E-state index in [1.807, 2.05) is 24.3 Å². The number of halogens is 4. The lowest BCUT2D eigenvalue weighted by Crippen LogP contribution is -2.36. The van der Waals surface area contributed by atoms with Gasteiger partial charge in [-0.15, -0.1) is 0 Å². The zero-order valence-corrected chi connectivity index (χ0v) is 29.6. The van der Waals surface area contributed by atoms with Gasteiger partial charge in [0.15, 0.2) is 0 Å². The molecule has 6 rings (SSSR count). The first-order valence-electron chi connectivity index (χ1n) is 17.0. The van der Waals surface area contributed by atoms with Gasteiger partial charge in [-0.25, -0.2) is 4.39 Å². The Morgan fingerprint density at radius 2 is 1.55 bits per heavy atom. The summed E-state index contributed by atoms with van der Waals surface area (Å²) in [6.07, 6.45) is -2.71. The van der Waals surface area contributed by atoms with E-state index < -0.39 is 29.9 Å². The number of ether oxygens (including phenoxy) is 2. The van der Waals surface area contributed by atoms with Crippen LogP contribution in [0.1, 0.15) is 51.5 Å². The Kier molecular flexibility index (Phi) is 12.2. The number of nitrogens with two attached hydrogens (primary N) is 1. The third-order valence-electron chi connectivity index (χ3n) is 9.12. The van der Waals surface area contributed by atoms with Gasteiger partial charge < -0.3 is 25.6 Å². The van der Waals surface area contributed by atoms with Crippen molar-refractivity contribution >= 4 is 28.3 Å². The number of aliphatic carboxylic acids is 1. The molecule has 1 amide bonds. The van der Waals surface area contributed by atoms with E-state index in [2.05, 4.69) is 34.5 Å². The summed E-state index contributed by atoms with van der Waals surface area (Å²) < 4.78 is 65.3. The van der Waals surface area contributed by atoms with Crippen LogP contribution >= 0.6 is 0 Å². The van der Waals surface area contributed by atoms with Crippen molar-refractivity contribution in [3.8, 4) is 22.6 Å². The monoisotopic (exact) mass is 731 g/mol. The number of anilines is 1. The summed E-state index contributed by atoms with van der Waals surface area (Å²) in [5, 5.41) is 13.5. The standard InChI is InChI=1S/C25H27NO4.C16H14F4N2O/c1-29-22-14-17(16-26-12-5-13-26)15-23(30-2)25(22)21-9-4-7-19-18(10-11-24(27)28)6-3-8-20(19)21;1-9-7-11(8-12(17)13(9)15(21)23)22-14(16(18,19)20)10-5-3-2-4-6-10/h3-4,6-9,14-15H,5,10-13,16H2,1-2H3,(H,27,28);2-8,14,22H,1H3,(H2,21,23). The minimum Gasteiger partial charge on any atom is -0.496 e. The van der Waals surface area contributed by atoms with Gasteiger partial charge in [0.2, 0.25) is 0 Å². The van der Waals surface area contributed by atoms with Gasteiger partial charge in [0.1, 0.15) is 23.4 Å². The molecular weight excluding hydrogens is 690 g/mol. The highest BCUT2D eigenvalue weighted by molar-refractivity contribution is 6.01. The number of likely N-dealkylation sites (tertiary alicyclic amines) is 1. The number of nitrogens with one attached hydrogen (secondary N) is 1. The number of alkyl halides is 3. The molecule has 278 valence electrons. The number of carbonyl (C=O) groups excluding carboxylic acids is 1. The second-order valence-electron chi connectivity index (χ2n) is 12.8. The summed E-state index contributed by atoms with van der Waals surface area (Å²) in [6, 6.07) is 23.7. The van der Waals surface area contributed by atoms with Crippen LogP contribution in [0.5, 0.6) is 11.5 Å². The Morgan fingerprint density at radius 1 is 0.906 bits per heavy atom. The quantitative estimate of drug-likeness (QED) is 0.110. The lowest BCUT2D eigenvalue weighted by molar-refractivity contribution is -0.144. The third-order valence-corrected chi connectivity index (χ3v) is 9.12. The molecule has 5 aromatic rings. The van der Waals surface area contributed by atoms with E-state index in [1.54, 1.807) is 20.3 Å². The molecule has 0 aromatic heterocycles. The summed E-state index contributed by atoms with van der Waals surface area (Å²) in [6.45, 7) is 4.56. The highest BCUT2D eigenvalue weighted by atomic mass is 19.4. The SMILES string of the molecule is COc1cc(CN2CCC2)cc(OC)c1-c1cccc2c(CCC(=O)O)cccc12.Cc1cc(NC(c2ccccc2)C(F)(F)F)cc(F)c1C(N)=O. The van der Waals surface area contributed by atoms with Crippen LogP contribution in [-0.4, -0.2) is 55.4 Å². The van der Waals surface area contributed by atoms with Gasteiger partial charge in [-0.1, -0.05) is 66.7 Å². The van der Waals surface area contributed by atoms with Gasteiger partial charge >= 0.3 is 12.1 Å². The molecule has 0 spiro atoms. The molecule has 8 nitrogen and oxygen atoms in total. The molecule has 0 radical (unpaired) electrons. The van der Waals surface area contributed by atoms with Crippen LogP contribution < -0.4 is 20.5 Å². The number of amides is 1. The molecular formula is C41H41F4N3O5. The molecule has 12 heteroatoms. The second kappa shape index (κ2) is 16.8. The zero-order chi connectivity index (χ0) is 38.3. The molecule has 1 fully saturated rings. The lowest BCUT2D eigenvalue weighted by atomic mass is 9.92. The van der Waals surface area contributed by atoms with Crippen molar-refractivity contribution in [1.82, 2.24) is 4.90 Å². The van der Waals surface area contributed by atoms with Gasteiger partial charge in [0.05, 0.1) is 25.3 Å². The molecule has 0 saturated carbocycles. The maximum Gasteiger partial charge on any atom is 0.412 e. The summed E-state index contributed by atoms with van der Waals surface area (Å²) >= 11 is 0. The molecule has 1 heterocycles. The fraction of sp³-hybridized carbons (Fsp3) is 0.268. The Morgan fingerprint density at radius 3 is 2.09 bits per heavy atom. The number of hydrogen-bond acceptors (Lipinski definition) is 6. The third kappa shape index (κ3) is 9.25. The van der Waals surface area contributed by atoms with Gasteiger partial charge in [0.25, 0.3) is 5.91 Å². The first-order chi connectivity index (χ1) is 25.3. The van der Waals surface area contributed by atoms with Crippen molar-refractivity contribution in [2.45, 2.75) is 44.9 Å². The number of fused-ring (bicyclic) bond motifs is 1. The molecule has 0 bridgehead atoms. The van der Waals surface area contributed by atoms with E-state index in [-0.39, 0.29) is 28.8 Å². The number of carboxylic acid groups (broad SMARTS) is 1. The van der Waals surface area contributed by atoms with E-state index in [4.69, 9.17) is 20.3 Å². The predicted octanol–water partition coefficient (Wildman–Crippen LogP) is 8.70. The molecule has 1 unspecified atom stereocenters. The normalized spacial score (nSPS) is 13.3. The van der Waals surface area contributed by atoms with E-state index >= 15 is 0 Å². The number of rotatable bonds is 12. The minimum absolute atomic E-state index is 0.00274. The number of hydrogen-bond donors (Lipinski definition) is 3. The Bertz CT molecular complexity index is 2040. The van der Waals surface area contributed by atoms with Crippen molar-refractivity contribution in [2.24, 2.45) is 5.73 Å². The molecule has 1 aliphatic heterocycles. The van der Waals surface area contributed by atoms with Crippen LogP contribution in [-0.2, 0) is 17.8 Å². The van der Waals surface area contributed by atoms with Crippen molar-refractivity contribution < 1.29 is 41.7 Å². The summed E-state index contributed by atoms with van der Waals surface area (Å²) in [7, 11) is 3.38. The maximum absolute atomic E-state index is 13.9. The molecule has 5 aromatic carbocycles. The minimum atomic E-state index is -4.58. The fourth-order valence-corrected chi connectivity index (χ4v) is 6.48. The van der Waals surface area contributed by atoms with Crippen LogP contribution in [0, 0.1) is 12.7 Å². The molecule has 53 heavy (non-hydrogen) atoms. The number of carbonyl (C=O) groups is 2. The number of benzene rings is 5. The molecule has 1 saturated heterocycles. The van der Waals surface area contributed by atoms with Crippen molar-refractivity contribution in [3.05, 3.63) is 125 Å². The zero-order valence-electron chi connectivity index (χ0n) is 29.6. The molecule has 1 atom stereocenters. The average molecular weight is 732 g/mol. The Balaban J connectivity index is 0.000000212. The summed E-state index contributed by atoms with van der Waals surface area (Å²) in [5.74, 6) is -1.15. The van der Waals surface area contributed by atoms with Gasteiger partial charge in [-0.05, 0) is 95.7 Å². The lowest BCUT2D eigenvalue weighted by Gasteiger charge is -2.31. The number of nitrogens with zero attached hydrogens (tertiary/aromatic N) is 1. The number of methoxy groups -OCH3 is 2. The average Bonchev–Trinajstić information content (AvgIpc) is 3.10. The second-order valence-corrected chi connectivity index (χ2v) is 12.8. The van der Waals surface area contributed by atoms with Crippen LogP contribution in [0.15, 0.2) is 91.0 Å². The smallest absolute Gasteiger partial charge is 0.412 e. The molecule has 4 N–H and O–H groups in total. The van der Waals surface area contributed by atoms with Crippen molar-refractivity contribution in [1.29, 1.82) is 0 Å². The Labute approximate surface area is 305 Å². The van der Waals surface area contributed by atoms with Gasteiger partial charge in [-0.2, -0.15) is 13.2 Å². The largest absolute Gasteiger partial charge is 0.496 e. The van der Waals surface area contributed by atoms with E-state index in [1.165, 1.54) is 49.2 Å². The van der Waals surface area contributed by atoms with Gasteiger partial charge in [-0.3, -0.25) is 14.5 Å². The van der Waals surface area contributed by atoms with Crippen molar-refractivity contribution in [2.75, 3.05) is 32.6 Å². The van der Waals surface area contributed by atoms with Crippen LogP contribution in [0.3, 0.4) is 0 Å². The first kappa shape index (κ1) is 38.6. The first-order valence-corrected chi connectivity index (χ1v) is 17.0. The van der Waals surface area contributed by atoms with E-state index in [0.717, 1.165) is 64.7 Å². The topological polar surface area (TPSA) is 114 Å². The van der Waals surface area contributed by atoms with Crippen LogP contribution in [0.4, 0.5) is 23.2 Å². The Hall–Kier alpha value is -5.62. The number of primary amides is 1. The van der Waals surface area contributed by atoms with E-state index in [9.17, 15) is 27.2 Å². The molecule has 1 aliphatic rings. The number of carboxylic acids is 1. The maximum atomic E-state index is 13.9. The highest BCUT2D eigenvalue weighted by Crippen LogP contribution is 2.43. The number of aryl methyl sites for hydroxylation is 2.